The summed E-state index contributed by atoms with van der Waals surface area (Å²) in [7, 11) is 1.31. The van der Waals surface area contributed by atoms with Crippen LogP contribution < -0.4 is 4.74 Å². The number of methoxy groups -OCH3 is 1. The molecule has 0 aromatic heterocycles. The molecule has 0 radical (unpaired) electrons. The highest BCUT2D eigenvalue weighted by molar-refractivity contribution is 5.36. The van der Waals surface area contributed by atoms with Gasteiger partial charge in [0.2, 0.25) is 0 Å². The Morgan fingerprint density at radius 3 is 2.48 bits per heavy atom. The molecular formula is C19H23FO3. The third-order valence-electron chi connectivity index (χ3n) is 3.44. The van der Waals surface area contributed by atoms with Crippen molar-refractivity contribution in [1.82, 2.24) is 0 Å². The number of hydrogen-bond donors (Lipinski definition) is 0. The molecule has 0 unspecified atom stereocenters. The van der Waals surface area contributed by atoms with E-state index in [4.69, 9.17) is 9.53 Å². The van der Waals surface area contributed by atoms with Crippen LogP contribution in [0.25, 0.3) is 0 Å². The van der Waals surface area contributed by atoms with Crippen molar-refractivity contribution >= 4 is 6.47 Å². The summed E-state index contributed by atoms with van der Waals surface area (Å²) in [6.45, 7) is 6.89. The summed E-state index contributed by atoms with van der Waals surface area (Å²) < 4.78 is 23.1. The molecule has 2 rings (SSSR count). The van der Waals surface area contributed by atoms with Crippen molar-refractivity contribution in [3.8, 4) is 5.75 Å². The van der Waals surface area contributed by atoms with E-state index in [-0.39, 0.29) is 5.82 Å². The molecule has 2 aromatic carbocycles. The van der Waals surface area contributed by atoms with E-state index in [1.165, 1.54) is 24.3 Å². The summed E-state index contributed by atoms with van der Waals surface area (Å²) in [5, 5.41) is 0. The molecule has 0 heterocycles. The molecule has 0 atom stereocenters. The fourth-order valence-corrected chi connectivity index (χ4v) is 2.17. The van der Waals surface area contributed by atoms with Crippen LogP contribution in [0.3, 0.4) is 0 Å². The largest absolute Gasteiger partial charge is 0.486 e. The zero-order valence-electron chi connectivity index (χ0n) is 14.1. The van der Waals surface area contributed by atoms with Crippen molar-refractivity contribution in [1.29, 1.82) is 0 Å². The van der Waals surface area contributed by atoms with Crippen LogP contribution >= 0.6 is 0 Å². The molecule has 0 saturated heterocycles. The van der Waals surface area contributed by atoms with E-state index in [9.17, 15) is 4.39 Å². The van der Waals surface area contributed by atoms with Crippen molar-refractivity contribution in [3.05, 3.63) is 64.5 Å². The maximum Gasteiger partial charge on any atom is 0.292 e. The van der Waals surface area contributed by atoms with Gasteiger partial charge in [-0.3, -0.25) is 4.79 Å². The maximum atomic E-state index is 13.6. The van der Waals surface area contributed by atoms with Crippen LogP contribution in [0.5, 0.6) is 5.75 Å². The van der Waals surface area contributed by atoms with Gasteiger partial charge in [0.05, 0.1) is 7.11 Å². The molecule has 0 amide bonds. The summed E-state index contributed by atoms with van der Waals surface area (Å²) >= 11 is 0. The summed E-state index contributed by atoms with van der Waals surface area (Å²) in [6, 6.07) is 11.1. The van der Waals surface area contributed by atoms with Crippen LogP contribution in [-0.2, 0) is 22.6 Å². The second-order valence-electron chi connectivity index (χ2n) is 5.12. The lowest BCUT2D eigenvalue weighted by Gasteiger charge is -2.13. The summed E-state index contributed by atoms with van der Waals surface area (Å²) in [4.78, 5) is 8.95. The third-order valence-corrected chi connectivity index (χ3v) is 3.44. The maximum absolute atomic E-state index is 13.6. The predicted octanol–water partition coefficient (Wildman–Crippen LogP) is 4.37. The number of hydrogen-bond acceptors (Lipinski definition) is 3. The molecule has 2 aromatic rings. The number of ether oxygens (including phenoxy) is 2. The quantitative estimate of drug-likeness (QED) is 0.768. The topological polar surface area (TPSA) is 35.5 Å². The third kappa shape index (κ3) is 5.74. The Kier molecular flexibility index (Phi) is 7.81. The fourth-order valence-electron chi connectivity index (χ4n) is 2.17. The van der Waals surface area contributed by atoms with Crippen LogP contribution in [0.4, 0.5) is 4.39 Å². The molecule has 0 N–H and O–H groups in total. The second-order valence-corrected chi connectivity index (χ2v) is 5.12. The van der Waals surface area contributed by atoms with Gasteiger partial charge in [-0.2, -0.15) is 0 Å². The van der Waals surface area contributed by atoms with E-state index in [2.05, 4.69) is 30.7 Å². The van der Waals surface area contributed by atoms with Crippen molar-refractivity contribution in [2.75, 3.05) is 7.11 Å². The van der Waals surface area contributed by atoms with E-state index in [1.54, 1.807) is 12.1 Å². The Hall–Kier alpha value is -2.36. The van der Waals surface area contributed by atoms with E-state index in [0.717, 1.165) is 17.5 Å². The standard InChI is InChI=1S/C17H19FO.C2H4O2/c1-4-14-7-5-6-13(3)15(14)11-19-17-10-12(2)8-9-16(17)18;1-4-2-3/h5-10H,4,11H2,1-3H3;2H,1H3. The molecule has 0 saturated carbocycles. The lowest BCUT2D eigenvalue weighted by atomic mass is 10.0. The van der Waals surface area contributed by atoms with Gasteiger partial charge in [-0.1, -0.05) is 31.2 Å². The summed E-state index contributed by atoms with van der Waals surface area (Å²) in [5.74, 6) is 0.0162. The molecule has 3 nitrogen and oxygen atoms in total. The van der Waals surface area contributed by atoms with Gasteiger partial charge in [0.1, 0.15) is 6.61 Å². The van der Waals surface area contributed by atoms with E-state index in [1.807, 2.05) is 13.0 Å². The van der Waals surface area contributed by atoms with Crippen molar-refractivity contribution in [2.45, 2.75) is 33.8 Å². The Balaban J connectivity index is 0.000000593. The number of aryl methyl sites for hydroxylation is 3. The fraction of sp³-hybridized carbons (Fsp3) is 0.316. The number of benzene rings is 2. The van der Waals surface area contributed by atoms with Gasteiger partial charge in [-0.25, -0.2) is 4.39 Å². The SMILES string of the molecule is CCc1cccc(C)c1COc1cc(C)ccc1F.COC=O. The predicted molar refractivity (Wildman–Crippen MR) is 89.1 cm³/mol. The molecule has 0 aliphatic heterocycles. The van der Waals surface area contributed by atoms with Crippen molar-refractivity contribution < 1.29 is 18.7 Å². The van der Waals surface area contributed by atoms with E-state index < -0.39 is 0 Å². The second kappa shape index (κ2) is 9.62. The van der Waals surface area contributed by atoms with E-state index >= 15 is 0 Å². The first-order valence-electron chi connectivity index (χ1n) is 7.46. The van der Waals surface area contributed by atoms with Gasteiger partial charge in [-0.15, -0.1) is 0 Å². The first-order valence-corrected chi connectivity index (χ1v) is 7.46. The number of carbonyl (C=O) groups is 1. The van der Waals surface area contributed by atoms with E-state index in [0.29, 0.717) is 18.8 Å². The number of halogens is 1. The smallest absolute Gasteiger partial charge is 0.292 e. The Morgan fingerprint density at radius 2 is 1.87 bits per heavy atom. The Labute approximate surface area is 137 Å². The first-order chi connectivity index (χ1) is 11.0. The van der Waals surface area contributed by atoms with Crippen molar-refractivity contribution in [3.63, 3.8) is 0 Å². The molecule has 0 bridgehead atoms. The minimum atomic E-state index is -0.308. The molecular weight excluding hydrogens is 295 g/mol. The average molecular weight is 318 g/mol. The van der Waals surface area contributed by atoms with Gasteiger partial charge < -0.3 is 9.47 Å². The van der Waals surface area contributed by atoms with Crippen molar-refractivity contribution in [2.24, 2.45) is 0 Å². The minimum Gasteiger partial charge on any atom is -0.486 e. The van der Waals surface area contributed by atoms with Crippen LogP contribution in [-0.4, -0.2) is 13.6 Å². The molecule has 4 heteroatoms. The van der Waals surface area contributed by atoms with Crippen LogP contribution in [0.2, 0.25) is 0 Å². The van der Waals surface area contributed by atoms with Crippen LogP contribution in [0.15, 0.2) is 36.4 Å². The van der Waals surface area contributed by atoms with Crippen LogP contribution in [0, 0.1) is 19.7 Å². The summed E-state index contributed by atoms with van der Waals surface area (Å²) in [5.41, 5.74) is 4.60. The van der Waals surface area contributed by atoms with Gasteiger partial charge in [0.25, 0.3) is 6.47 Å². The zero-order valence-corrected chi connectivity index (χ0v) is 14.1. The first kappa shape index (κ1) is 18.7. The summed E-state index contributed by atoms with van der Waals surface area (Å²) in [6.07, 6.45) is 0.955. The van der Waals surface area contributed by atoms with Gasteiger partial charge in [-0.05, 0) is 54.7 Å². The van der Waals surface area contributed by atoms with Gasteiger partial charge in [0.15, 0.2) is 11.6 Å². The molecule has 23 heavy (non-hydrogen) atoms. The number of carbonyl (C=O) groups excluding carboxylic acids is 1. The molecule has 0 spiro atoms. The average Bonchev–Trinajstić information content (AvgIpc) is 2.56. The molecule has 0 aliphatic rings. The van der Waals surface area contributed by atoms with Crippen LogP contribution in [0.1, 0.15) is 29.2 Å². The number of rotatable bonds is 5. The highest BCUT2D eigenvalue weighted by atomic mass is 19.1. The normalized spacial score (nSPS) is 9.61. The Bertz CT molecular complexity index is 639. The Morgan fingerprint density at radius 1 is 1.17 bits per heavy atom. The highest BCUT2D eigenvalue weighted by Gasteiger charge is 2.08. The highest BCUT2D eigenvalue weighted by Crippen LogP contribution is 2.22. The lowest BCUT2D eigenvalue weighted by Crippen LogP contribution is -2.03. The monoisotopic (exact) mass is 318 g/mol. The molecule has 0 fully saturated rings. The zero-order chi connectivity index (χ0) is 17.2. The molecule has 0 aliphatic carbocycles. The molecule has 124 valence electrons. The van der Waals surface area contributed by atoms with Gasteiger partial charge >= 0.3 is 0 Å². The minimum absolute atomic E-state index is 0.308. The lowest BCUT2D eigenvalue weighted by molar-refractivity contribution is -0.126. The van der Waals surface area contributed by atoms with Gasteiger partial charge in [0, 0.05) is 0 Å².